The molecule has 5 nitrogen and oxygen atoms in total. The molecule has 23 heavy (non-hydrogen) atoms. The number of rotatable bonds is 6. The van der Waals surface area contributed by atoms with E-state index >= 15 is 0 Å². The molecule has 1 aromatic rings. The van der Waals surface area contributed by atoms with Crippen molar-refractivity contribution in [3.8, 4) is 0 Å². The van der Waals surface area contributed by atoms with Gasteiger partial charge in [0.05, 0.1) is 12.2 Å². The van der Waals surface area contributed by atoms with Gasteiger partial charge in [0.25, 0.3) is 0 Å². The number of nitrogens with one attached hydrogen (secondary N) is 1. The molecule has 1 aliphatic heterocycles. The van der Waals surface area contributed by atoms with E-state index < -0.39 is 10.0 Å². The van der Waals surface area contributed by atoms with Crippen LogP contribution in [0.1, 0.15) is 37.7 Å². The van der Waals surface area contributed by atoms with Crippen LogP contribution in [0.15, 0.2) is 30.3 Å². The van der Waals surface area contributed by atoms with Crippen LogP contribution in [0.5, 0.6) is 0 Å². The summed E-state index contributed by atoms with van der Waals surface area (Å²) in [5, 5.41) is 3.01. The smallest absolute Gasteiger partial charge is 0.224 e. The van der Waals surface area contributed by atoms with Gasteiger partial charge in [0.1, 0.15) is 0 Å². The molecule has 1 aromatic carbocycles. The zero-order valence-corrected chi connectivity index (χ0v) is 14.7. The van der Waals surface area contributed by atoms with E-state index in [4.69, 9.17) is 0 Å². The SMILES string of the molecule is CCC(CNC(=O)C1CCCN(S(C)(=O)=O)C1)c1ccccc1. The Kier molecular flexibility index (Phi) is 6.18. The normalized spacial score (nSPS) is 20.9. The summed E-state index contributed by atoms with van der Waals surface area (Å²) in [7, 11) is -3.22. The lowest BCUT2D eigenvalue weighted by Gasteiger charge is -2.30. The summed E-state index contributed by atoms with van der Waals surface area (Å²) in [6.07, 6.45) is 3.64. The molecule has 128 valence electrons. The predicted molar refractivity (Wildman–Crippen MR) is 91.6 cm³/mol. The molecule has 1 saturated heterocycles. The van der Waals surface area contributed by atoms with Crippen LogP contribution in [-0.4, -0.2) is 44.5 Å². The van der Waals surface area contributed by atoms with Gasteiger partial charge in [-0.25, -0.2) is 12.7 Å². The molecule has 2 rings (SSSR count). The van der Waals surface area contributed by atoms with E-state index in [-0.39, 0.29) is 17.7 Å². The van der Waals surface area contributed by atoms with E-state index in [1.165, 1.54) is 16.1 Å². The molecular weight excluding hydrogens is 312 g/mol. The second-order valence-electron chi connectivity index (χ2n) is 6.22. The van der Waals surface area contributed by atoms with Crippen LogP contribution in [0.25, 0.3) is 0 Å². The van der Waals surface area contributed by atoms with Gasteiger partial charge in [0.15, 0.2) is 0 Å². The Morgan fingerprint density at radius 2 is 2.04 bits per heavy atom. The summed E-state index contributed by atoms with van der Waals surface area (Å²) in [5.41, 5.74) is 1.22. The minimum atomic E-state index is -3.22. The molecule has 1 heterocycles. The quantitative estimate of drug-likeness (QED) is 0.862. The Bertz CT molecular complexity index is 616. The maximum atomic E-state index is 12.4. The molecule has 0 aliphatic carbocycles. The maximum Gasteiger partial charge on any atom is 0.224 e. The average molecular weight is 338 g/mol. The highest BCUT2D eigenvalue weighted by Gasteiger charge is 2.30. The van der Waals surface area contributed by atoms with Crippen molar-refractivity contribution >= 4 is 15.9 Å². The van der Waals surface area contributed by atoms with Crippen molar-refractivity contribution in [3.05, 3.63) is 35.9 Å². The van der Waals surface area contributed by atoms with Crippen LogP contribution in [0.4, 0.5) is 0 Å². The first-order valence-corrected chi connectivity index (χ1v) is 10.0. The van der Waals surface area contributed by atoms with Gasteiger partial charge in [-0.2, -0.15) is 0 Å². The molecule has 0 aromatic heterocycles. The lowest BCUT2D eigenvalue weighted by molar-refractivity contribution is -0.126. The number of hydrogen-bond acceptors (Lipinski definition) is 3. The van der Waals surface area contributed by atoms with Gasteiger partial charge in [0.2, 0.25) is 15.9 Å². The van der Waals surface area contributed by atoms with Gasteiger partial charge in [-0.05, 0) is 24.8 Å². The summed E-state index contributed by atoms with van der Waals surface area (Å²) in [4.78, 5) is 12.4. The molecule has 0 radical (unpaired) electrons. The highest BCUT2D eigenvalue weighted by molar-refractivity contribution is 7.88. The molecule has 0 spiro atoms. The van der Waals surface area contributed by atoms with Gasteiger partial charge in [0, 0.05) is 25.6 Å². The van der Waals surface area contributed by atoms with Crippen molar-refractivity contribution in [2.45, 2.75) is 32.1 Å². The maximum absolute atomic E-state index is 12.4. The van der Waals surface area contributed by atoms with Crippen molar-refractivity contribution in [3.63, 3.8) is 0 Å². The Morgan fingerprint density at radius 1 is 1.35 bits per heavy atom. The van der Waals surface area contributed by atoms with Crippen molar-refractivity contribution in [2.75, 3.05) is 25.9 Å². The van der Waals surface area contributed by atoms with E-state index in [1.807, 2.05) is 18.2 Å². The Balaban J connectivity index is 1.91. The predicted octanol–water partition coefficient (Wildman–Crippen LogP) is 1.97. The van der Waals surface area contributed by atoms with Crippen LogP contribution in [0.3, 0.4) is 0 Å². The Morgan fingerprint density at radius 3 is 2.65 bits per heavy atom. The standard InChI is InChI=1S/C17H26N2O3S/c1-3-14(15-8-5-4-6-9-15)12-18-17(20)16-10-7-11-19(13-16)23(2,21)22/h4-6,8-9,14,16H,3,7,10-13H2,1-2H3,(H,18,20). The van der Waals surface area contributed by atoms with Gasteiger partial charge < -0.3 is 5.32 Å². The number of nitrogens with zero attached hydrogens (tertiary/aromatic N) is 1. The van der Waals surface area contributed by atoms with E-state index in [0.29, 0.717) is 19.6 Å². The summed E-state index contributed by atoms with van der Waals surface area (Å²) < 4.78 is 24.7. The van der Waals surface area contributed by atoms with Gasteiger partial charge in [-0.1, -0.05) is 37.3 Å². The number of carbonyl (C=O) groups excluding carboxylic acids is 1. The van der Waals surface area contributed by atoms with Gasteiger partial charge >= 0.3 is 0 Å². The fraction of sp³-hybridized carbons (Fsp3) is 0.588. The zero-order chi connectivity index (χ0) is 16.9. The van der Waals surface area contributed by atoms with Crippen molar-refractivity contribution in [1.82, 2.24) is 9.62 Å². The molecule has 2 unspecified atom stereocenters. The summed E-state index contributed by atoms with van der Waals surface area (Å²) in [6, 6.07) is 10.1. The molecule has 1 aliphatic rings. The lowest BCUT2D eigenvalue weighted by atomic mass is 9.95. The third-order valence-electron chi connectivity index (χ3n) is 4.51. The minimum Gasteiger partial charge on any atom is -0.355 e. The van der Waals surface area contributed by atoms with Crippen LogP contribution >= 0.6 is 0 Å². The highest BCUT2D eigenvalue weighted by Crippen LogP contribution is 2.21. The topological polar surface area (TPSA) is 66.5 Å². The number of amides is 1. The zero-order valence-electron chi connectivity index (χ0n) is 13.9. The second kappa shape index (κ2) is 7.93. The first-order valence-electron chi connectivity index (χ1n) is 8.19. The first-order chi connectivity index (χ1) is 10.9. The Labute approximate surface area is 139 Å². The molecule has 1 amide bonds. The number of carbonyl (C=O) groups is 1. The van der Waals surface area contributed by atoms with E-state index in [0.717, 1.165) is 19.3 Å². The fourth-order valence-corrected chi connectivity index (χ4v) is 3.96. The first kappa shape index (κ1) is 17.9. The van der Waals surface area contributed by atoms with E-state index in [2.05, 4.69) is 24.4 Å². The molecule has 0 saturated carbocycles. The lowest BCUT2D eigenvalue weighted by Crippen LogP contribution is -2.45. The second-order valence-corrected chi connectivity index (χ2v) is 8.20. The number of piperidine rings is 1. The molecule has 2 atom stereocenters. The highest BCUT2D eigenvalue weighted by atomic mass is 32.2. The monoisotopic (exact) mass is 338 g/mol. The number of hydrogen-bond donors (Lipinski definition) is 1. The van der Waals surface area contributed by atoms with E-state index in [1.54, 1.807) is 0 Å². The molecule has 1 fully saturated rings. The van der Waals surface area contributed by atoms with Crippen LogP contribution in [0.2, 0.25) is 0 Å². The minimum absolute atomic E-state index is 0.0345. The van der Waals surface area contributed by atoms with Crippen LogP contribution in [0, 0.1) is 5.92 Å². The molecule has 1 N–H and O–H groups in total. The summed E-state index contributed by atoms with van der Waals surface area (Å²) in [6.45, 7) is 3.52. The largest absolute Gasteiger partial charge is 0.355 e. The fourth-order valence-electron chi connectivity index (χ4n) is 3.05. The van der Waals surface area contributed by atoms with Crippen LogP contribution in [-0.2, 0) is 14.8 Å². The van der Waals surface area contributed by atoms with Crippen molar-refractivity contribution < 1.29 is 13.2 Å². The van der Waals surface area contributed by atoms with Crippen molar-refractivity contribution in [1.29, 1.82) is 0 Å². The third-order valence-corrected chi connectivity index (χ3v) is 5.78. The van der Waals surface area contributed by atoms with Crippen molar-refractivity contribution in [2.24, 2.45) is 5.92 Å². The van der Waals surface area contributed by atoms with Crippen LogP contribution < -0.4 is 5.32 Å². The van der Waals surface area contributed by atoms with Gasteiger partial charge in [-0.3, -0.25) is 4.79 Å². The number of sulfonamides is 1. The molecule has 6 heteroatoms. The van der Waals surface area contributed by atoms with E-state index in [9.17, 15) is 13.2 Å². The summed E-state index contributed by atoms with van der Waals surface area (Å²) >= 11 is 0. The molecular formula is C17H26N2O3S. The molecule has 0 bridgehead atoms. The number of benzene rings is 1. The Hall–Kier alpha value is -1.40. The van der Waals surface area contributed by atoms with Gasteiger partial charge in [-0.15, -0.1) is 0 Å². The third kappa shape index (κ3) is 5.04. The summed E-state index contributed by atoms with van der Waals surface area (Å²) in [5.74, 6) is 0.00855. The average Bonchev–Trinajstić information content (AvgIpc) is 2.55.